The van der Waals surface area contributed by atoms with Crippen molar-refractivity contribution in [3.05, 3.63) is 36.8 Å². The van der Waals surface area contributed by atoms with Crippen molar-refractivity contribution >= 4 is 22.5 Å². The first kappa shape index (κ1) is 14.2. The molecule has 3 aromatic rings. The van der Waals surface area contributed by atoms with Crippen LogP contribution in [-0.2, 0) is 11.3 Å². The van der Waals surface area contributed by atoms with Crippen molar-refractivity contribution < 1.29 is 4.79 Å². The molecule has 0 saturated heterocycles. The fraction of sp³-hybridized carbons (Fsp3) is 0.333. The third-order valence-electron chi connectivity index (χ3n) is 3.55. The third kappa shape index (κ3) is 2.83. The molecule has 1 amide bonds. The molecule has 1 aromatic carbocycles. The van der Waals surface area contributed by atoms with Crippen LogP contribution in [0, 0.1) is 0 Å². The second-order valence-electron chi connectivity index (χ2n) is 5.43. The van der Waals surface area contributed by atoms with Crippen molar-refractivity contribution in [2.45, 2.75) is 32.9 Å². The van der Waals surface area contributed by atoms with Gasteiger partial charge in [0.15, 0.2) is 0 Å². The Hall–Kier alpha value is -2.70. The third-order valence-corrected chi connectivity index (χ3v) is 3.55. The van der Waals surface area contributed by atoms with E-state index in [0.717, 1.165) is 16.6 Å². The summed E-state index contributed by atoms with van der Waals surface area (Å²) < 4.78 is 3.72. The Bertz CT molecular complexity index is 775. The molecule has 2 heterocycles. The number of nitrogens with one attached hydrogen (secondary N) is 1. The molecular formula is C15H18N6O. The SMILES string of the molecule is CC(C)n1ccc2c(NC(=O)CCn3cnnn3)cccc21. The molecule has 0 unspecified atom stereocenters. The molecule has 0 atom stereocenters. The molecule has 0 fully saturated rings. The van der Waals surface area contributed by atoms with Crippen LogP contribution in [0.4, 0.5) is 5.69 Å². The molecule has 0 radical (unpaired) electrons. The topological polar surface area (TPSA) is 77.6 Å². The van der Waals surface area contributed by atoms with E-state index < -0.39 is 0 Å². The second-order valence-corrected chi connectivity index (χ2v) is 5.43. The van der Waals surface area contributed by atoms with E-state index in [-0.39, 0.29) is 5.91 Å². The summed E-state index contributed by atoms with van der Waals surface area (Å²) in [6.45, 7) is 4.73. The van der Waals surface area contributed by atoms with Crippen LogP contribution in [0.2, 0.25) is 0 Å². The van der Waals surface area contributed by atoms with Gasteiger partial charge in [0.25, 0.3) is 0 Å². The van der Waals surface area contributed by atoms with Gasteiger partial charge < -0.3 is 9.88 Å². The summed E-state index contributed by atoms with van der Waals surface area (Å²) in [4.78, 5) is 12.1. The largest absolute Gasteiger partial charge is 0.345 e. The van der Waals surface area contributed by atoms with Crippen LogP contribution >= 0.6 is 0 Å². The van der Waals surface area contributed by atoms with E-state index in [1.54, 1.807) is 0 Å². The van der Waals surface area contributed by atoms with Gasteiger partial charge in [0, 0.05) is 24.0 Å². The second kappa shape index (κ2) is 5.97. The van der Waals surface area contributed by atoms with Crippen LogP contribution in [-0.4, -0.2) is 30.7 Å². The number of fused-ring (bicyclic) bond motifs is 1. The van der Waals surface area contributed by atoms with E-state index in [0.29, 0.717) is 19.0 Å². The molecule has 0 aliphatic carbocycles. The number of aromatic nitrogens is 5. The molecule has 0 saturated carbocycles. The molecule has 1 N–H and O–H groups in total. The predicted octanol–water partition coefficient (Wildman–Crippen LogP) is 2.24. The van der Waals surface area contributed by atoms with Gasteiger partial charge >= 0.3 is 0 Å². The number of hydrogen-bond donors (Lipinski definition) is 1. The van der Waals surface area contributed by atoms with E-state index in [1.165, 1.54) is 11.0 Å². The van der Waals surface area contributed by atoms with Gasteiger partial charge in [-0.3, -0.25) is 4.79 Å². The van der Waals surface area contributed by atoms with Gasteiger partial charge in [0.2, 0.25) is 5.91 Å². The summed E-state index contributed by atoms with van der Waals surface area (Å²) in [5.74, 6) is -0.0553. The first-order valence-corrected chi connectivity index (χ1v) is 7.25. The van der Waals surface area contributed by atoms with Crippen LogP contribution in [0.1, 0.15) is 26.3 Å². The number of tetrazole rings is 1. The van der Waals surface area contributed by atoms with Gasteiger partial charge in [-0.15, -0.1) is 5.10 Å². The van der Waals surface area contributed by atoms with E-state index in [1.807, 2.05) is 24.4 Å². The van der Waals surface area contributed by atoms with Crippen molar-refractivity contribution in [2.24, 2.45) is 0 Å². The van der Waals surface area contributed by atoms with E-state index >= 15 is 0 Å². The molecule has 0 spiro atoms. The number of amides is 1. The minimum absolute atomic E-state index is 0.0553. The summed E-state index contributed by atoms with van der Waals surface area (Å²) in [7, 11) is 0. The maximum Gasteiger partial charge on any atom is 0.226 e. The van der Waals surface area contributed by atoms with Crippen LogP contribution < -0.4 is 5.32 Å². The standard InChI is InChI=1S/C15H18N6O/c1-11(2)21-9-6-12-13(4-3-5-14(12)21)17-15(22)7-8-20-10-16-18-19-20/h3-6,9-11H,7-8H2,1-2H3,(H,17,22). The number of anilines is 1. The lowest BCUT2D eigenvalue weighted by molar-refractivity contribution is -0.116. The Labute approximate surface area is 127 Å². The molecule has 0 aliphatic rings. The van der Waals surface area contributed by atoms with Gasteiger partial charge in [-0.2, -0.15) is 0 Å². The van der Waals surface area contributed by atoms with Crippen molar-refractivity contribution in [1.29, 1.82) is 0 Å². The zero-order valence-electron chi connectivity index (χ0n) is 12.6. The quantitative estimate of drug-likeness (QED) is 0.783. The van der Waals surface area contributed by atoms with Crippen molar-refractivity contribution in [3.63, 3.8) is 0 Å². The lowest BCUT2D eigenvalue weighted by atomic mass is 10.2. The molecule has 114 valence electrons. The first-order valence-electron chi connectivity index (χ1n) is 7.25. The van der Waals surface area contributed by atoms with Gasteiger partial charge in [-0.1, -0.05) is 6.07 Å². The van der Waals surface area contributed by atoms with E-state index in [2.05, 4.69) is 45.3 Å². The van der Waals surface area contributed by atoms with Crippen LogP contribution in [0.5, 0.6) is 0 Å². The molecule has 22 heavy (non-hydrogen) atoms. The average molecular weight is 298 g/mol. The number of benzene rings is 1. The van der Waals surface area contributed by atoms with Crippen LogP contribution in [0.15, 0.2) is 36.8 Å². The monoisotopic (exact) mass is 298 g/mol. The summed E-state index contributed by atoms with van der Waals surface area (Å²) >= 11 is 0. The Kier molecular flexibility index (Phi) is 3.86. The summed E-state index contributed by atoms with van der Waals surface area (Å²) in [5.41, 5.74) is 1.95. The molecule has 2 aromatic heterocycles. The summed E-state index contributed by atoms with van der Waals surface area (Å²) in [6.07, 6.45) is 3.87. The van der Waals surface area contributed by atoms with Gasteiger partial charge in [-0.05, 0) is 42.5 Å². The molecule has 0 aliphatic heterocycles. The van der Waals surface area contributed by atoms with Crippen LogP contribution in [0.25, 0.3) is 10.9 Å². The number of carbonyl (C=O) groups excluding carboxylic acids is 1. The molecule has 7 heteroatoms. The molecule has 0 bridgehead atoms. The fourth-order valence-electron chi connectivity index (χ4n) is 2.46. The number of carbonyl (C=O) groups is 1. The van der Waals surface area contributed by atoms with Crippen molar-refractivity contribution in [1.82, 2.24) is 24.8 Å². The Morgan fingerprint density at radius 2 is 2.18 bits per heavy atom. The van der Waals surface area contributed by atoms with Crippen molar-refractivity contribution in [2.75, 3.05) is 5.32 Å². The van der Waals surface area contributed by atoms with Crippen LogP contribution in [0.3, 0.4) is 0 Å². The van der Waals surface area contributed by atoms with E-state index in [4.69, 9.17) is 0 Å². The van der Waals surface area contributed by atoms with Gasteiger partial charge in [0.1, 0.15) is 6.33 Å². The summed E-state index contributed by atoms with van der Waals surface area (Å²) in [6, 6.07) is 8.35. The number of aryl methyl sites for hydroxylation is 1. The molecule has 3 rings (SSSR count). The average Bonchev–Trinajstić information content (AvgIpc) is 3.15. The Morgan fingerprint density at radius 3 is 2.91 bits per heavy atom. The highest BCUT2D eigenvalue weighted by molar-refractivity contribution is 6.01. The zero-order chi connectivity index (χ0) is 15.5. The van der Waals surface area contributed by atoms with Crippen molar-refractivity contribution in [3.8, 4) is 0 Å². The minimum atomic E-state index is -0.0553. The number of nitrogens with zero attached hydrogens (tertiary/aromatic N) is 5. The molecular weight excluding hydrogens is 280 g/mol. The highest BCUT2D eigenvalue weighted by atomic mass is 16.1. The fourth-order valence-corrected chi connectivity index (χ4v) is 2.46. The Morgan fingerprint density at radius 1 is 1.32 bits per heavy atom. The zero-order valence-corrected chi connectivity index (χ0v) is 12.6. The number of hydrogen-bond acceptors (Lipinski definition) is 4. The maximum absolute atomic E-state index is 12.1. The predicted molar refractivity (Wildman–Crippen MR) is 83.4 cm³/mol. The van der Waals surface area contributed by atoms with E-state index in [9.17, 15) is 4.79 Å². The van der Waals surface area contributed by atoms with Gasteiger partial charge in [0.05, 0.1) is 17.7 Å². The minimum Gasteiger partial charge on any atom is -0.345 e. The maximum atomic E-state index is 12.1. The number of rotatable bonds is 5. The lowest BCUT2D eigenvalue weighted by Crippen LogP contribution is -2.15. The lowest BCUT2D eigenvalue weighted by Gasteiger charge is -2.11. The summed E-state index contributed by atoms with van der Waals surface area (Å²) in [5, 5.41) is 14.8. The Balaban J connectivity index is 1.74. The highest BCUT2D eigenvalue weighted by Gasteiger charge is 2.10. The van der Waals surface area contributed by atoms with Gasteiger partial charge in [-0.25, -0.2) is 4.68 Å². The molecule has 7 nitrogen and oxygen atoms in total. The normalized spacial score (nSPS) is 11.2. The first-order chi connectivity index (χ1) is 10.6. The highest BCUT2D eigenvalue weighted by Crippen LogP contribution is 2.26. The smallest absolute Gasteiger partial charge is 0.226 e.